The highest BCUT2D eigenvalue weighted by Crippen LogP contribution is 2.56. The van der Waals surface area contributed by atoms with Gasteiger partial charge in [-0.05, 0) is 103 Å². The van der Waals surface area contributed by atoms with E-state index in [1.54, 1.807) is 0 Å². The van der Waals surface area contributed by atoms with Crippen LogP contribution in [0.4, 0.5) is 17.1 Å². The van der Waals surface area contributed by atoms with Crippen molar-refractivity contribution in [2.24, 2.45) is 0 Å². The first-order valence-corrected chi connectivity index (χ1v) is 22.2. The quantitative estimate of drug-likeness (QED) is 0.155. The van der Waals surface area contributed by atoms with E-state index in [-0.39, 0.29) is 0 Å². The Morgan fingerprint density at radius 1 is 0.345 bits per heavy atom. The van der Waals surface area contributed by atoms with E-state index in [1.165, 1.54) is 69.9 Å². The normalized spacial score (nSPS) is 13.5. The van der Waals surface area contributed by atoms with E-state index in [9.17, 15) is 0 Å². The Bertz CT molecular complexity index is 2880. The lowest BCUT2D eigenvalue weighted by Gasteiger charge is -2.48. The van der Waals surface area contributed by atoms with Gasteiger partial charge in [0, 0.05) is 26.9 Å². The van der Waals surface area contributed by atoms with Crippen LogP contribution in [0, 0.1) is 0 Å². The van der Waals surface area contributed by atoms with Gasteiger partial charge in [0.05, 0.1) is 5.41 Å². The molecule has 2 heterocycles. The Morgan fingerprint density at radius 3 is 1.48 bits per heavy atom. The molecular formula is C55H38NSSi. The monoisotopic (exact) mass is 772 g/mol. The highest BCUT2D eigenvalue weighted by atomic mass is 32.2. The van der Waals surface area contributed by atoms with E-state index in [4.69, 9.17) is 0 Å². The second-order valence-corrected chi connectivity index (χ2v) is 18.5. The van der Waals surface area contributed by atoms with Crippen LogP contribution in [0.2, 0.25) is 0 Å². The molecule has 11 rings (SSSR count). The molecule has 1 spiro atoms. The van der Waals surface area contributed by atoms with Gasteiger partial charge in [0.25, 0.3) is 0 Å². The van der Waals surface area contributed by atoms with Crippen molar-refractivity contribution >= 4 is 53.2 Å². The molecule has 0 saturated heterocycles. The third-order valence-electron chi connectivity index (χ3n) is 11.8. The highest BCUT2D eigenvalue weighted by Gasteiger charge is 2.51. The fourth-order valence-electron chi connectivity index (χ4n) is 9.44. The molecule has 0 amide bonds. The van der Waals surface area contributed by atoms with Gasteiger partial charge >= 0.3 is 0 Å². The van der Waals surface area contributed by atoms with Crippen molar-refractivity contribution in [2.45, 2.75) is 15.2 Å². The number of hydrogen-bond acceptors (Lipinski definition) is 2. The molecule has 0 aromatic heterocycles. The molecule has 273 valence electrons. The summed E-state index contributed by atoms with van der Waals surface area (Å²) in [5.41, 5.74) is 13.2. The average Bonchev–Trinajstić information content (AvgIpc) is 3.30. The fraction of sp³-hybridized carbons (Fsp3) is 0.0182. The minimum Gasteiger partial charge on any atom is -0.310 e. The minimum atomic E-state index is -1.46. The maximum Gasteiger partial charge on any atom is 0.155 e. The van der Waals surface area contributed by atoms with Crippen LogP contribution in [-0.2, 0) is 5.41 Å². The smallest absolute Gasteiger partial charge is 0.155 e. The van der Waals surface area contributed by atoms with Crippen molar-refractivity contribution in [1.82, 2.24) is 0 Å². The largest absolute Gasteiger partial charge is 0.310 e. The Labute approximate surface area is 346 Å². The number of benzene rings is 9. The molecule has 0 saturated carbocycles. The summed E-state index contributed by atoms with van der Waals surface area (Å²) in [7, 11) is -1.46. The molecule has 0 atom stereocenters. The zero-order chi connectivity index (χ0) is 38.5. The lowest BCUT2D eigenvalue weighted by atomic mass is 9.64. The van der Waals surface area contributed by atoms with Crippen molar-refractivity contribution < 1.29 is 0 Å². The van der Waals surface area contributed by atoms with Crippen molar-refractivity contribution in [2.75, 3.05) is 4.90 Å². The van der Waals surface area contributed by atoms with Crippen molar-refractivity contribution in [3.8, 4) is 22.3 Å². The molecule has 0 unspecified atom stereocenters. The number of rotatable bonds is 6. The third kappa shape index (κ3) is 5.54. The number of nitrogens with zero attached hydrogens (tertiary/aromatic N) is 1. The van der Waals surface area contributed by atoms with Gasteiger partial charge in [-0.3, -0.25) is 0 Å². The molecule has 9 aromatic rings. The summed E-state index contributed by atoms with van der Waals surface area (Å²) < 4.78 is 0. The molecule has 9 aromatic carbocycles. The average molecular weight is 773 g/mol. The lowest BCUT2D eigenvalue weighted by Crippen LogP contribution is -2.62. The maximum atomic E-state index is 2.54. The van der Waals surface area contributed by atoms with E-state index >= 15 is 0 Å². The van der Waals surface area contributed by atoms with Crippen molar-refractivity contribution in [1.29, 1.82) is 0 Å². The van der Waals surface area contributed by atoms with Crippen LogP contribution in [0.5, 0.6) is 0 Å². The van der Waals surface area contributed by atoms with E-state index < -0.39 is 14.2 Å². The fourth-order valence-corrected chi connectivity index (χ4v) is 13.7. The number of anilines is 3. The van der Waals surface area contributed by atoms with Gasteiger partial charge in [0.15, 0.2) is 8.80 Å². The predicted molar refractivity (Wildman–Crippen MR) is 246 cm³/mol. The molecule has 2 aliphatic rings. The summed E-state index contributed by atoms with van der Waals surface area (Å²) in [5, 5.41) is 4.27. The number of hydrogen-bond donors (Lipinski definition) is 0. The standard InChI is InChI=1S/C55H38NSSi/c1-5-19-39(20-6-1)45-35-33-42(37-46(45)40-21-7-2-8-22-40)56(41-23-9-3-10-24-41)43-34-36-50-54(38-43)58(44-25-11-4-12-26-44)53-32-18-15-29-49(53)55(50)47-27-13-16-30-51(47)57-52-31-17-14-28-48(52)55/h1-38H. The summed E-state index contributed by atoms with van der Waals surface area (Å²) in [5.74, 6) is 0. The van der Waals surface area contributed by atoms with Gasteiger partial charge in [0.1, 0.15) is 0 Å². The molecule has 3 heteroatoms. The van der Waals surface area contributed by atoms with E-state index in [0.29, 0.717) is 0 Å². The van der Waals surface area contributed by atoms with E-state index in [1.807, 2.05) is 11.8 Å². The number of fused-ring (bicyclic) bond motifs is 8. The van der Waals surface area contributed by atoms with Crippen LogP contribution in [-0.4, -0.2) is 8.80 Å². The first-order chi connectivity index (χ1) is 28.8. The SMILES string of the molecule is c1ccc(-c2ccc(N(c3ccccc3)c3ccc4c(c3)[Si](c3ccccc3)c3ccccc3C43c4ccccc4Sc4ccccc43)cc2-c2ccccc2)cc1. The lowest BCUT2D eigenvalue weighted by molar-refractivity contribution is 0.708. The van der Waals surface area contributed by atoms with E-state index in [0.717, 1.165) is 17.1 Å². The van der Waals surface area contributed by atoms with Gasteiger partial charge in [-0.1, -0.05) is 199 Å². The van der Waals surface area contributed by atoms with Gasteiger partial charge in [-0.2, -0.15) is 0 Å². The van der Waals surface area contributed by atoms with Crippen LogP contribution in [0.15, 0.2) is 240 Å². The summed E-state index contributed by atoms with van der Waals surface area (Å²) >= 11 is 1.90. The van der Waals surface area contributed by atoms with Crippen LogP contribution in [0.3, 0.4) is 0 Å². The van der Waals surface area contributed by atoms with Gasteiger partial charge in [-0.15, -0.1) is 0 Å². The third-order valence-corrected chi connectivity index (χ3v) is 15.8. The maximum absolute atomic E-state index is 2.54. The van der Waals surface area contributed by atoms with Crippen LogP contribution in [0.25, 0.3) is 22.3 Å². The first-order valence-electron chi connectivity index (χ1n) is 19.9. The van der Waals surface area contributed by atoms with Gasteiger partial charge in [-0.25, -0.2) is 0 Å². The Hall–Kier alpha value is -6.65. The Balaban J connectivity index is 1.20. The van der Waals surface area contributed by atoms with Crippen LogP contribution in [0.1, 0.15) is 22.3 Å². The van der Waals surface area contributed by atoms with Crippen molar-refractivity contribution in [3.63, 3.8) is 0 Å². The molecule has 2 aliphatic heterocycles. The zero-order valence-electron chi connectivity index (χ0n) is 31.8. The van der Waals surface area contributed by atoms with Gasteiger partial charge in [0.2, 0.25) is 0 Å². The number of para-hydroxylation sites is 1. The second-order valence-electron chi connectivity index (χ2n) is 15.0. The second kappa shape index (κ2) is 14.4. The van der Waals surface area contributed by atoms with Crippen molar-refractivity contribution in [3.05, 3.63) is 253 Å². The molecule has 1 nitrogen and oxygen atoms in total. The Morgan fingerprint density at radius 2 is 0.828 bits per heavy atom. The van der Waals surface area contributed by atoms with E-state index in [2.05, 4.69) is 235 Å². The molecule has 58 heavy (non-hydrogen) atoms. The Kier molecular flexibility index (Phi) is 8.57. The van der Waals surface area contributed by atoms with Gasteiger partial charge < -0.3 is 4.90 Å². The summed E-state index contributed by atoms with van der Waals surface area (Å²) in [6, 6.07) is 85.6. The molecular weight excluding hydrogens is 735 g/mol. The minimum absolute atomic E-state index is 0.471. The molecule has 0 bridgehead atoms. The highest BCUT2D eigenvalue weighted by molar-refractivity contribution is 7.99. The van der Waals surface area contributed by atoms with Crippen LogP contribution >= 0.6 is 11.8 Å². The predicted octanol–water partition coefficient (Wildman–Crippen LogP) is 12.2. The molecule has 0 N–H and O–H groups in total. The summed E-state index contributed by atoms with van der Waals surface area (Å²) in [6.45, 7) is 0. The first kappa shape index (κ1) is 34.6. The zero-order valence-corrected chi connectivity index (χ0v) is 33.6. The van der Waals surface area contributed by atoms with Crippen LogP contribution < -0.4 is 20.5 Å². The molecule has 0 aliphatic carbocycles. The molecule has 0 fully saturated rings. The summed E-state index contributed by atoms with van der Waals surface area (Å²) in [4.78, 5) is 5.09. The topological polar surface area (TPSA) is 3.24 Å². The summed E-state index contributed by atoms with van der Waals surface area (Å²) in [6.07, 6.45) is 0. The molecule has 1 radical (unpaired) electrons.